The first-order valence-electron chi connectivity index (χ1n) is 4.82. The molecule has 0 bridgehead atoms. The SMILES string of the molecule is C[n+]1c(-c2nonc2N)[nH]c2ccccc21. The summed E-state index contributed by atoms with van der Waals surface area (Å²) in [6, 6.07) is 7.94. The number of rotatable bonds is 1. The van der Waals surface area contributed by atoms with E-state index in [4.69, 9.17) is 5.73 Å². The fourth-order valence-electron chi connectivity index (χ4n) is 1.78. The second kappa shape index (κ2) is 3.06. The van der Waals surface area contributed by atoms with E-state index in [2.05, 4.69) is 19.9 Å². The molecule has 3 aromatic rings. The van der Waals surface area contributed by atoms with Crippen molar-refractivity contribution < 1.29 is 9.20 Å². The van der Waals surface area contributed by atoms with Crippen LogP contribution in [0.5, 0.6) is 0 Å². The Morgan fingerprint density at radius 1 is 1.31 bits per heavy atom. The van der Waals surface area contributed by atoms with Gasteiger partial charge in [-0.15, -0.1) is 0 Å². The fourth-order valence-corrected chi connectivity index (χ4v) is 1.78. The molecule has 0 atom stereocenters. The summed E-state index contributed by atoms with van der Waals surface area (Å²) < 4.78 is 6.56. The van der Waals surface area contributed by atoms with Gasteiger partial charge in [0.15, 0.2) is 11.0 Å². The molecule has 0 aliphatic heterocycles. The van der Waals surface area contributed by atoms with Gasteiger partial charge in [-0.25, -0.2) is 14.2 Å². The van der Waals surface area contributed by atoms with Crippen molar-refractivity contribution in [1.29, 1.82) is 0 Å². The summed E-state index contributed by atoms with van der Waals surface area (Å²) in [4.78, 5) is 3.23. The lowest BCUT2D eigenvalue weighted by molar-refractivity contribution is -0.633. The summed E-state index contributed by atoms with van der Waals surface area (Å²) in [5.74, 6) is 1.06. The Labute approximate surface area is 90.7 Å². The first kappa shape index (κ1) is 8.90. The number of aromatic amines is 1. The van der Waals surface area contributed by atoms with Crippen LogP contribution in [0, 0.1) is 0 Å². The average molecular weight is 216 g/mol. The zero-order chi connectivity index (χ0) is 11.1. The van der Waals surface area contributed by atoms with Crippen LogP contribution in [0.1, 0.15) is 0 Å². The molecule has 2 heterocycles. The topological polar surface area (TPSA) is 84.6 Å². The van der Waals surface area contributed by atoms with Crippen molar-refractivity contribution >= 4 is 16.9 Å². The van der Waals surface area contributed by atoms with Crippen molar-refractivity contribution in [2.45, 2.75) is 0 Å². The third kappa shape index (κ3) is 1.10. The number of hydrogen-bond acceptors (Lipinski definition) is 4. The Bertz CT molecular complexity index is 654. The molecular formula is C10H10N5O+. The van der Waals surface area contributed by atoms with E-state index in [1.54, 1.807) is 0 Å². The Hall–Kier alpha value is -2.37. The van der Waals surface area contributed by atoms with E-state index in [1.165, 1.54) is 0 Å². The van der Waals surface area contributed by atoms with Crippen molar-refractivity contribution in [3.8, 4) is 11.5 Å². The van der Waals surface area contributed by atoms with E-state index in [-0.39, 0.29) is 5.82 Å². The average Bonchev–Trinajstić information content (AvgIpc) is 2.84. The number of para-hydroxylation sites is 2. The second-order valence-corrected chi connectivity index (χ2v) is 3.55. The number of nitrogens with one attached hydrogen (secondary N) is 1. The van der Waals surface area contributed by atoms with Crippen LogP contribution in [0.15, 0.2) is 28.9 Å². The number of fused-ring (bicyclic) bond motifs is 1. The highest BCUT2D eigenvalue weighted by Crippen LogP contribution is 2.19. The van der Waals surface area contributed by atoms with Gasteiger partial charge in [0.1, 0.15) is 0 Å². The Balaban J connectivity index is 2.33. The molecule has 6 nitrogen and oxygen atoms in total. The number of H-pyrrole nitrogens is 1. The number of nitrogens with two attached hydrogens (primary N) is 1. The van der Waals surface area contributed by atoms with Crippen LogP contribution in [0.3, 0.4) is 0 Å². The van der Waals surface area contributed by atoms with Crippen LogP contribution < -0.4 is 10.3 Å². The number of aryl methyl sites for hydroxylation is 1. The summed E-state index contributed by atoms with van der Waals surface area (Å²) in [6.45, 7) is 0. The van der Waals surface area contributed by atoms with Gasteiger partial charge in [0.05, 0.1) is 7.05 Å². The third-order valence-electron chi connectivity index (χ3n) is 2.59. The molecule has 0 aliphatic carbocycles. The Kier molecular flexibility index (Phi) is 1.70. The lowest BCUT2D eigenvalue weighted by Crippen LogP contribution is -2.29. The molecule has 0 aliphatic rings. The standard InChI is InChI=1S/C10H9N5O/c1-15-7-5-3-2-4-6(7)12-10(15)8-9(11)14-16-13-8/h2-5H,1H3,(H2,11,14)/p+1. The van der Waals surface area contributed by atoms with Crippen LogP contribution in [-0.2, 0) is 7.05 Å². The van der Waals surface area contributed by atoms with Gasteiger partial charge in [0.2, 0.25) is 11.5 Å². The van der Waals surface area contributed by atoms with Crippen LogP contribution in [-0.4, -0.2) is 15.3 Å². The maximum absolute atomic E-state index is 5.66. The predicted molar refractivity (Wildman–Crippen MR) is 57.2 cm³/mol. The first-order chi connectivity index (χ1) is 7.77. The van der Waals surface area contributed by atoms with Crippen molar-refractivity contribution in [2.75, 3.05) is 5.73 Å². The number of nitrogen functional groups attached to an aromatic ring is 1. The van der Waals surface area contributed by atoms with Crippen molar-refractivity contribution in [3.05, 3.63) is 24.3 Å². The minimum Gasteiger partial charge on any atom is -0.379 e. The molecule has 0 saturated heterocycles. The molecule has 1 aromatic carbocycles. The summed E-state index contributed by atoms with van der Waals surface area (Å²) >= 11 is 0. The lowest BCUT2D eigenvalue weighted by Gasteiger charge is -1.89. The maximum atomic E-state index is 5.66. The molecule has 6 heteroatoms. The summed E-state index contributed by atoms with van der Waals surface area (Å²) in [7, 11) is 1.93. The van der Waals surface area contributed by atoms with E-state index in [0.717, 1.165) is 16.9 Å². The number of anilines is 1. The molecule has 3 N–H and O–H groups in total. The van der Waals surface area contributed by atoms with Gasteiger partial charge in [-0.1, -0.05) is 12.1 Å². The molecule has 0 unspecified atom stereocenters. The van der Waals surface area contributed by atoms with Crippen LogP contribution in [0.2, 0.25) is 0 Å². The second-order valence-electron chi connectivity index (χ2n) is 3.55. The summed E-state index contributed by atoms with van der Waals surface area (Å²) in [5, 5.41) is 7.34. The minimum absolute atomic E-state index is 0.280. The summed E-state index contributed by atoms with van der Waals surface area (Å²) in [5.41, 5.74) is 8.27. The van der Waals surface area contributed by atoms with Crippen molar-refractivity contribution in [3.63, 3.8) is 0 Å². The highest BCUT2D eigenvalue weighted by atomic mass is 16.6. The maximum Gasteiger partial charge on any atom is 0.313 e. The van der Waals surface area contributed by atoms with E-state index in [9.17, 15) is 0 Å². The van der Waals surface area contributed by atoms with E-state index < -0.39 is 0 Å². The highest BCUT2D eigenvalue weighted by Gasteiger charge is 2.23. The number of hydrogen-bond donors (Lipinski definition) is 2. The Morgan fingerprint density at radius 3 is 2.81 bits per heavy atom. The third-order valence-corrected chi connectivity index (χ3v) is 2.59. The molecule has 16 heavy (non-hydrogen) atoms. The molecular weight excluding hydrogens is 206 g/mol. The smallest absolute Gasteiger partial charge is 0.313 e. The van der Waals surface area contributed by atoms with Gasteiger partial charge >= 0.3 is 5.82 Å². The number of benzene rings is 1. The van der Waals surface area contributed by atoms with Crippen LogP contribution >= 0.6 is 0 Å². The normalized spacial score (nSPS) is 11.1. The quantitative estimate of drug-likeness (QED) is 0.584. The van der Waals surface area contributed by atoms with Gasteiger partial charge in [0.25, 0.3) is 0 Å². The predicted octanol–water partition coefficient (Wildman–Crippen LogP) is 0.625. The molecule has 0 saturated carbocycles. The van der Waals surface area contributed by atoms with Crippen molar-refractivity contribution in [2.24, 2.45) is 7.05 Å². The Morgan fingerprint density at radius 2 is 2.12 bits per heavy atom. The van der Waals surface area contributed by atoms with Crippen LogP contribution in [0.4, 0.5) is 5.82 Å². The van der Waals surface area contributed by atoms with E-state index >= 15 is 0 Å². The molecule has 0 spiro atoms. The number of imidazole rings is 1. The van der Waals surface area contributed by atoms with Crippen molar-refractivity contribution in [1.82, 2.24) is 15.3 Å². The van der Waals surface area contributed by atoms with Gasteiger partial charge in [-0.05, 0) is 22.4 Å². The largest absolute Gasteiger partial charge is 0.379 e. The van der Waals surface area contributed by atoms with Crippen LogP contribution in [0.25, 0.3) is 22.6 Å². The first-order valence-corrected chi connectivity index (χ1v) is 4.82. The number of nitrogens with zero attached hydrogens (tertiary/aromatic N) is 3. The van der Waals surface area contributed by atoms with Gasteiger partial charge in [-0.2, -0.15) is 0 Å². The van der Waals surface area contributed by atoms with Gasteiger partial charge in [0, 0.05) is 0 Å². The zero-order valence-corrected chi connectivity index (χ0v) is 8.64. The van der Waals surface area contributed by atoms with E-state index in [0.29, 0.717) is 5.69 Å². The molecule has 80 valence electrons. The molecule has 0 fully saturated rings. The van der Waals surface area contributed by atoms with Gasteiger partial charge < -0.3 is 5.73 Å². The number of aromatic nitrogens is 4. The molecule has 0 amide bonds. The highest BCUT2D eigenvalue weighted by molar-refractivity contribution is 5.75. The minimum atomic E-state index is 0.280. The van der Waals surface area contributed by atoms with Gasteiger partial charge in [-0.3, -0.25) is 0 Å². The fraction of sp³-hybridized carbons (Fsp3) is 0.100. The van der Waals surface area contributed by atoms with E-state index in [1.807, 2.05) is 35.9 Å². The summed E-state index contributed by atoms with van der Waals surface area (Å²) in [6.07, 6.45) is 0. The molecule has 2 aromatic heterocycles. The molecule has 3 rings (SSSR count). The zero-order valence-electron chi connectivity index (χ0n) is 8.64. The lowest BCUT2D eigenvalue weighted by atomic mass is 10.3. The monoisotopic (exact) mass is 216 g/mol. The molecule has 0 radical (unpaired) electrons.